The Bertz CT molecular complexity index is 811. The zero-order chi connectivity index (χ0) is 18.4. The Labute approximate surface area is 156 Å². The van der Waals surface area contributed by atoms with Crippen LogP contribution in [0.5, 0.6) is 0 Å². The summed E-state index contributed by atoms with van der Waals surface area (Å²) in [4.78, 5) is 4.17. The molecular formula is C13H16BrFN5O3PS. The molecule has 136 valence electrons. The number of aliphatic imine (C=N–C) groups is 1. The van der Waals surface area contributed by atoms with Gasteiger partial charge in [0.15, 0.2) is 23.8 Å². The maximum absolute atomic E-state index is 13.3. The molecule has 2 rings (SSSR count). The molecule has 25 heavy (non-hydrogen) atoms. The van der Waals surface area contributed by atoms with Crippen molar-refractivity contribution in [3.05, 3.63) is 34.2 Å². The summed E-state index contributed by atoms with van der Waals surface area (Å²) in [6.45, 7) is 1.83. The van der Waals surface area contributed by atoms with Gasteiger partial charge in [0.2, 0.25) is 0 Å². The van der Waals surface area contributed by atoms with E-state index in [2.05, 4.69) is 36.3 Å². The fraction of sp³-hybridized carbons (Fsp3) is 0.308. The van der Waals surface area contributed by atoms with Crippen LogP contribution in [0.3, 0.4) is 0 Å². The molecule has 1 heterocycles. The van der Waals surface area contributed by atoms with Crippen LogP contribution in [0.25, 0.3) is 0 Å². The number of hydrogen-bond donors (Lipinski definition) is 3. The van der Waals surface area contributed by atoms with E-state index in [1.165, 1.54) is 30.0 Å². The van der Waals surface area contributed by atoms with Crippen LogP contribution in [0.1, 0.15) is 12.6 Å². The van der Waals surface area contributed by atoms with Crippen LogP contribution in [0, 0.1) is 5.82 Å². The number of hydroxylamine groups is 1. The van der Waals surface area contributed by atoms with Gasteiger partial charge < -0.3 is 4.57 Å². The molecule has 0 saturated carbocycles. The molecule has 0 radical (unpaired) electrons. The number of amidine groups is 1. The third-order valence-corrected chi connectivity index (χ3v) is 8.43. The summed E-state index contributed by atoms with van der Waals surface area (Å²) in [5.41, 5.74) is 2.75. The Morgan fingerprint density at radius 2 is 2.28 bits per heavy atom. The topological polar surface area (TPSA) is 113 Å². The number of rotatable bonds is 7. The van der Waals surface area contributed by atoms with E-state index in [9.17, 15) is 14.2 Å². The second-order valence-corrected chi connectivity index (χ2v) is 10.2. The first-order chi connectivity index (χ1) is 11.9. The molecular weight excluding hydrogens is 436 g/mol. The molecule has 0 bridgehead atoms. The van der Waals surface area contributed by atoms with Crippen LogP contribution in [0.2, 0.25) is 0 Å². The van der Waals surface area contributed by atoms with Crippen LogP contribution in [0.4, 0.5) is 10.1 Å². The summed E-state index contributed by atoms with van der Waals surface area (Å²) in [7, 11) is -0.886. The number of nitrogens with one attached hydrogen (secondary N) is 2. The molecule has 0 aliphatic carbocycles. The fourth-order valence-electron chi connectivity index (χ4n) is 1.71. The molecule has 1 unspecified atom stereocenters. The lowest BCUT2D eigenvalue weighted by Crippen LogP contribution is -2.21. The highest BCUT2D eigenvalue weighted by Gasteiger charge is 2.22. The number of benzene rings is 1. The van der Waals surface area contributed by atoms with Gasteiger partial charge in [0.25, 0.3) is 0 Å². The Morgan fingerprint density at radius 1 is 1.52 bits per heavy atom. The van der Waals surface area contributed by atoms with Crippen molar-refractivity contribution in [3.8, 4) is 0 Å². The van der Waals surface area contributed by atoms with E-state index in [4.69, 9.17) is 4.63 Å². The van der Waals surface area contributed by atoms with Crippen LogP contribution in [0.15, 0.2) is 37.3 Å². The quantitative estimate of drug-likeness (QED) is 0.192. The average molecular weight is 452 g/mol. The van der Waals surface area contributed by atoms with Gasteiger partial charge in [-0.15, -0.1) is 0 Å². The highest BCUT2D eigenvalue weighted by molar-refractivity contribution is 9.10. The van der Waals surface area contributed by atoms with E-state index in [0.29, 0.717) is 16.9 Å². The number of nitrogens with zero attached hydrogens (tertiary/aromatic N) is 3. The largest absolute Gasteiger partial charge is 0.306 e. The number of aromatic nitrogens is 2. The molecule has 12 heteroatoms. The number of halogens is 2. The summed E-state index contributed by atoms with van der Waals surface area (Å²) in [6, 6.07) is 4.11. The van der Waals surface area contributed by atoms with Gasteiger partial charge in [0.1, 0.15) is 5.82 Å². The van der Waals surface area contributed by atoms with Gasteiger partial charge in [0, 0.05) is 6.16 Å². The molecule has 8 nitrogen and oxygen atoms in total. The standard InChI is InChI=1S/C13H16BrFN5O3PS/c1-3-24(22,16-2)7-25-13-11(19-23-20-13)12(18-21)17-8-4-5-10(15)9(14)6-8/h4-6,21H,3,7H2,1-2H3,(H,16,22)(H,17,18). The lowest BCUT2D eigenvalue weighted by atomic mass is 10.3. The Hall–Kier alpha value is -1.26. The van der Waals surface area contributed by atoms with Crippen LogP contribution in [-0.4, -0.2) is 40.1 Å². The Kier molecular flexibility index (Phi) is 7.14. The molecule has 3 N–H and O–H groups in total. The normalized spacial score (nSPS) is 14.4. The van der Waals surface area contributed by atoms with Gasteiger partial charge in [-0.05, 0) is 51.5 Å². The van der Waals surface area contributed by atoms with E-state index in [1.807, 2.05) is 12.4 Å². The van der Waals surface area contributed by atoms with E-state index >= 15 is 0 Å². The maximum atomic E-state index is 13.3. The zero-order valence-corrected chi connectivity index (χ0v) is 16.7. The third-order valence-electron chi connectivity index (χ3n) is 3.26. The van der Waals surface area contributed by atoms with Crippen molar-refractivity contribution in [2.45, 2.75) is 11.9 Å². The Morgan fingerprint density at radius 3 is 2.88 bits per heavy atom. The van der Waals surface area contributed by atoms with Gasteiger partial charge in [-0.25, -0.2) is 14.0 Å². The van der Waals surface area contributed by atoms with Crippen molar-refractivity contribution in [3.63, 3.8) is 0 Å². The average Bonchev–Trinajstić information content (AvgIpc) is 3.09. The van der Waals surface area contributed by atoms with Crippen molar-refractivity contribution in [2.24, 2.45) is 4.99 Å². The lowest BCUT2D eigenvalue weighted by Gasteiger charge is -2.13. The number of hydrogen-bond acceptors (Lipinski definition) is 7. The molecule has 2 aromatic rings. The van der Waals surface area contributed by atoms with Gasteiger partial charge in [-0.2, -0.15) is 0 Å². The van der Waals surface area contributed by atoms with Gasteiger partial charge in [0.05, 0.1) is 15.7 Å². The predicted molar refractivity (Wildman–Crippen MR) is 97.4 cm³/mol. The van der Waals surface area contributed by atoms with Crippen molar-refractivity contribution in [2.75, 3.05) is 18.7 Å². The SMILES string of the molecule is CCP(=O)(CSc1nonc1C(=Nc1ccc(F)c(Br)c1)NO)NC. The zero-order valence-electron chi connectivity index (χ0n) is 13.4. The number of thioether (sulfide) groups is 1. The van der Waals surface area contributed by atoms with E-state index in [1.54, 1.807) is 7.05 Å². The maximum Gasteiger partial charge on any atom is 0.186 e. The molecule has 0 amide bonds. The van der Waals surface area contributed by atoms with Crippen LogP contribution >= 0.6 is 35.0 Å². The summed E-state index contributed by atoms with van der Waals surface area (Å²) in [5.74, 6) is -0.461. The molecule has 0 saturated heterocycles. The molecule has 0 fully saturated rings. The summed E-state index contributed by atoms with van der Waals surface area (Å²) < 4.78 is 30.7. The van der Waals surface area contributed by atoms with E-state index in [0.717, 1.165) is 0 Å². The molecule has 0 aliphatic heterocycles. The van der Waals surface area contributed by atoms with Crippen LogP contribution < -0.4 is 10.6 Å². The van der Waals surface area contributed by atoms with Crippen LogP contribution in [-0.2, 0) is 4.57 Å². The first-order valence-corrected chi connectivity index (χ1v) is 10.9. The minimum absolute atomic E-state index is 0.0296. The highest BCUT2D eigenvalue weighted by atomic mass is 79.9. The smallest absolute Gasteiger partial charge is 0.186 e. The molecule has 1 aromatic carbocycles. The van der Waals surface area contributed by atoms with E-state index in [-0.39, 0.29) is 21.5 Å². The fourth-order valence-corrected chi connectivity index (χ4v) is 5.32. The minimum Gasteiger partial charge on any atom is -0.306 e. The molecule has 0 spiro atoms. The first-order valence-electron chi connectivity index (χ1n) is 7.09. The first kappa shape index (κ1) is 20.1. The predicted octanol–water partition coefficient (Wildman–Crippen LogP) is 3.60. The van der Waals surface area contributed by atoms with Crippen molar-refractivity contribution >= 4 is 46.5 Å². The minimum atomic E-state index is -2.53. The van der Waals surface area contributed by atoms with Crippen molar-refractivity contribution < 1.29 is 18.8 Å². The second kappa shape index (κ2) is 8.91. The van der Waals surface area contributed by atoms with Gasteiger partial charge in [-0.1, -0.05) is 18.7 Å². The highest BCUT2D eigenvalue weighted by Crippen LogP contribution is 2.45. The third kappa shape index (κ3) is 5.11. The molecule has 1 aromatic heterocycles. The second-order valence-electron chi connectivity index (χ2n) is 4.79. The monoisotopic (exact) mass is 451 g/mol. The van der Waals surface area contributed by atoms with Crippen molar-refractivity contribution in [1.29, 1.82) is 0 Å². The van der Waals surface area contributed by atoms with E-state index < -0.39 is 13.1 Å². The van der Waals surface area contributed by atoms with Gasteiger partial charge in [-0.3, -0.25) is 15.8 Å². The Balaban J connectivity index is 2.27. The summed E-state index contributed by atoms with van der Waals surface area (Å²) in [5, 5.41) is 20.0. The van der Waals surface area contributed by atoms with Gasteiger partial charge >= 0.3 is 0 Å². The summed E-state index contributed by atoms with van der Waals surface area (Å²) >= 11 is 4.24. The lowest BCUT2D eigenvalue weighted by molar-refractivity contribution is 0.234. The molecule has 1 atom stereocenters. The summed E-state index contributed by atoms with van der Waals surface area (Å²) in [6.07, 6.45) is 0.486. The molecule has 0 aliphatic rings. The van der Waals surface area contributed by atoms with Crippen molar-refractivity contribution in [1.82, 2.24) is 20.9 Å².